The van der Waals surface area contributed by atoms with Crippen LogP contribution in [0.4, 0.5) is 0 Å². The van der Waals surface area contributed by atoms with Gasteiger partial charge in [-0.25, -0.2) is 0 Å². The average molecular weight is 284 g/mol. The van der Waals surface area contributed by atoms with Gasteiger partial charge in [0.2, 0.25) is 0 Å². The van der Waals surface area contributed by atoms with Gasteiger partial charge in [-0.3, -0.25) is 9.59 Å². The number of carboxylic acids is 1. The number of hydrogen-bond donors (Lipinski definition) is 1. The van der Waals surface area contributed by atoms with Gasteiger partial charge in [-0.15, -0.1) is 0 Å². The lowest BCUT2D eigenvalue weighted by Crippen LogP contribution is -2.50. The molecule has 5 heteroatoms. The zero-order valence-electron chi connectivity index (χ0n) is 11.5. The highest BCUT2D eigenvalue weighted by Crippen LogP contribution is 2.22. The first kappa shape index (κ1) is 13.4. The number of benzene rings is 1. The maximum atomic E-state index is 12.2. The van der Waals surface area contributed by atoms with Crippen LogP contribution in [0, 0.1) is 5.92 Å². The summed E-state index contributed by atoms with van der Waals surface area (Å²) in [6.07, 6.45) is 4.03. The van der Waals surface area contributed by atoms with Crippen molar-refractivity contribution in [2.24, 2.45) is 5.92 Å². The molecule has 0 radical (unpaired) electrons. The molecule has 5 nitrogen and oxygen atoms in total. The largest absolute Gasteiger partial charge is 0.481 e. The minimum absolute atomic E-state index is 0.0318. The maximum Gasteiger partial charge on any atom is 0.303 e. The van der Waals surface area contributed by atoms with E-state index in [4.69, 9.17) is 5.11 Å². The first-order valence-corrected chi connectivity index (χ1v) is 6.88. The second-order valence-corrected chi connectivity index (χ2v) is 5.31. The Balaban J connectivity index is 1.63. The zero-order chi connectivity index (χ0) is 14.8. The van der Waals surface area contributed by atoms with Crippen molar-refractivity contribution < 1.29 is 14.7 Å². The van der Waals surface area contributed by atoms with Crippen LogP contribution < -0.4 is 0 Å². The SMILES string of the molecule is O=C(O)CC1CN(C(=O)c2ccc(-n3cccc3)cc2)C1. The molecule has 0 saturated carbocycles. The Morgan fingerprint density at radius 3 is 2.29 bits per heavy atom. The van der Waals surface area contributed by atoms with Crippen molar-refractivity contribution in [1.82, 2.24) is 9.47 Å². The van der Waals surface area contributed by atoms with Crippen molar-refractivity contribution >= 4 is 11.9 Å². The fraction of sp³-hybridized carbons (Fsp3) is 0.250. The van der Waals surface area contributed by atoms with Gasteiger partial charge in [0, 0.05) is 42.7 Å². The van der Waals surface area contributed by atoms with Crippen LogP contribution in [0.2, 0.25) is 0 Å². The molecule has 21 heavy (non-hydrogen) atoms. The predicted octanol–water partition coefficient (Wildman–Crippen LogP) is 2.02. The first-order chi connectivity index (χ1) is 10.1. The van der Waals surface area contributed by atoms with Crippen LogP contribution >= 0.6 is 0 Å². The van der Waals surface area contributed by atoms with E-state index in [1.54, 1.807) is 4.90 Å². The molecule has 3 rings (SSSR count). The standard InChI is InChI=1S/C16H16N2O3/c19-15(20)9-12-10-18(11-12)16(21)13-3-5-14(6-4-13)17-7-1-2-8-17/h1-8,12H,9-11H2,(H,19,20). The molecule has 108 valence electrons. The monoisotopic (exact) mass is 284 g/mol. The number of nitrogens with zero attached hydrogens (tertiary/aromatic N) is 2. The third kappa shape index (κ3) is 2.81. The van der Waals surface area contributed by atoms with Gasteiger partial charge in [-0.2, -0.15) is 0 Å². The van der Waals surface area contributed by atoms with Gasteiger partial charge in [-0.05, 0) is 36.4 Å². The molecule has 1 saturated heterocycles. The fourth-order valence-electron chi connectivity index (χ4n) is 2.58. The van der Waals surface area contributed by atoms with Crippen LogP contribution in [-0.4, -0.2) is 39.5 Å². The quantitative estimate of drug-likeness (QED) is 0.934. The fourth-order valence-corrected chi connectivity index (χ4v) is 2.58. The molecule has 1 aromatic heterocycles. The summed E-state index contributed by atoms with van der Waals surface area (Å²) in [6, 6.07) is 11.3. The Morgan fingerprint density at radius 1 is 1.10 bits per heavy atom. The molecule has 2 aromatic rings. The summed E-state index contributed by atoms with van der Waals surface area (Å²) in [5, 5.41) is 8.71. The van der Waals surface area contributed by atoms with Gasteiger partial charge in [0.15, 0.2) is 0 Å². The van der Waals surface area contributed by atoms with Crippen molar-refractivity contribution in [2.45, 2.75) is 6.42 Å². The van der Waals surface area contributed by atoms with Crippen LogP contribution in [-0.2, 0) is 4.79 Å². The Labute approximate surface area is 122 Å². The minimum Gasteiger partial charge on any atom is -0.481 e. The second-order valence-electron chi connectivity index (χ2n) is 5.31. The highest BCUT2D eigenvalue weighted by Gasteiger charge is 2.32. The molecule has 1 amide bonds. The van der Waals surface area contributed by atoms with Gasteiger partial charge in [0.05, 0.1) is 6.42 Å². The lowest BCUT2D eigenvalue weighted by molar-refractivity contribution is -0.139. The van der Waals surface area contributed by atoms with Crippen LogP contribution in [0.3, 0.4) is 0 Å². The van der Waals surface area contributed by atoms with E-state index in [2.05, 4.69) is 0 Å². The number of carboxylic acid groups (broad SMARTS) is 1. The molecule has 1 fully saturated rings. The topological polar surface area (TPSA) is 62.5 Å². The number of carbonyl (C=O) groups excluding carboxylic acids is 1. The zero-order valence-corrected chi connectivity index (χ0v) is 11.5. The van der Waals surface area contributed by atoms with Crippen molar-refractivity contribution in [2.75, 3.05) is 13.1 Å². The van der Waals surface area contributed by atoms with Crippen LogP contribution in [0.1, 0.15) is 16.8 Å². The second kappa shape index (κ2) is 5.44. The lowest BCUT2D eigenvalue weighted by atomic mass is 9.95. The smallest absolute Gasteiger partial charge is 0.303 e. The van der Waals surface area contributed by atoms with Crippen molar-refractivity contribution in [3.05, 3.63) is 54.4 Å². The van der Waals surface area contributed by atoms with Gasteiger partial charge in [-0.1, -0.05) is 0 Å². The third-order valence-electron chi connectivity index (χ3n) is 3.72. The molecule has 1 aromatic carbocycles. The van der Waals surface area contributed by atoms with Gasteiger partial charge < -0.3 is 14.6 Å². The summed E-state index contributed by atoms with van der Waals surface area (Å²) in [6.45, 7) is 1.06. The number of likely N-dealkylation sites (tertiary alicyclic amines) is 1. The van der Waals surface area contributed by atoms with Crippen LogP contribution in [0.5, 0.6) is 0 Å². The van der Waals surface area contributed by atoms with Gasteiger partial charge in [0.25, 0.3) is 5.91 Å². The molecule has 0 atom stereocenters. The molecular weight excluding hydrogens is 268 g/mol. The van der Waals surface area contributed by atoms with Crippen LogP contribution in [0.25, 0.3) is 5.69 Å². The summed E-state index contributed by atoms with van der Waals surface area (Å²) in [5.41, 5.74) is 1.64. The Hall–Kier alpha value is -2.56. The number of amides is 1. The van der Waals surface area contributed by atoms with Gasteiger partial charge >= 0.3 is 5.97 Å². The summed E-state index contributed by atoms with van der Waals surface area (Å²) in [7, 11) is 0. The molecule has 1 aliphatic heterocycles. The number of carbonyl (C=O) groups is 2. The van der Waals surface area contributed by atoms with E-state index in [-0.39, 0.29) is 18.2 Å². The van der Waals surface area contributed by atoms with Crippen molar-refractivity contribution in [1.29, 1.82) is 0 Å². The van der Waals surface area contributed by atoms with E-state index in [1.807, 2.05) is 53.4 Å². The highest BCUT2D eigenvalue weighted by atomic mass is 16.4. The van der Waals surface area contributed by atoms with E-state index in [0.717, 1.165) is 5.69 Å². The number of aromatic nitrogens is 1. The maximum absolute atomic E-state index is 12.2. The average Bonchev–Trinajstić information content (AvgIpc) is 2.96. The number of rotatable bonds is 4. The first-order valence-electron chi connectivity index (χ1n) is 6.88. The van der Waals surface area contributed by atoms with E-state index in [0.29, 0.717) is 18.7 Å². The lowest BCUT2D eigenvalue weighted by Gasteiger charge is -2.38. The molecular formula is C16H16N2O3. The van der Waals surface area contributed by atoms with E-state index >= 15 is 0 Å². The molecule has 0 bridgehead atoms. The van der Waals surface area contributed by atoms with E-state index < -0.39 is 5.97 Å². The summed E-state index contributed by atoms with van der Waals surface area (Å²) >= 11 is 0. The van der Waals surface area contributed by atoms with E-state index in [1.165, 1.54) is 0 Å². The molecule has 1 N–H and O–H groups in total. The summed E-state index contributed by atoms with van der Waals surface area (Å²) < 4.78 is 1.97. The van der Waals surface area contributed by atoms with Gasteiger partial charge in [0.1, 0.15) is 0 Å². The number of aliphatic carboxylic acids is 1. The molecule has 0 aliphatic carbocycles. The van der Waals surface area contributed by atoms with Crippen LogP contribution in [0.15, 0.2) is 48.8 Å². The third-order valence-corrected chi connectivity index (χ3v) is 3.72. The normalized spacial score (nSPS) is 14.8. The van der Waals surface area contributed by atoms with Crippen molar-refractivity contribution in [3.8, 4) is 5.69 Å². The molecule has 1 aliphatic rings. The molecule has 0 spiro atoms. The Bertz CT molecular complexity index is 641. The Kier molecular flexibility index (Phi) is 3.48. The van der Waals surface area contributed by atoms with E-state index in [9.17, 15) is 9.59 Å². The minimum atomic E-state index is -0.803. The molecule has 0 unspecified atom stereocenters. The highest BCUT2D eigenvalue weighted by molar-refractivity contribution is 5.95. The summed E-state index contributed by atoms with van der Waals surface area (Å²) in [4.78, 5) is 24.5. The number of hydrogen-bond acceptors (Lipinski definition) is 2. The molecule has 2 heterocycles. The predicted molar refractivity (Wildman–Crippen MR) is 77.4 cm³/mol. The summed E-state index contributed by atoms with van der Waals surface area (Å²) in [5.74, 6) is -0.746. The Morgan fingerprint density at radius 2 is 1.71 bits per heavy atom. The van der Waals surface area contributed by atoms with Crippen molar-refractivity contribution in [3.63, 3.8) is 0 Å².